The molecule has 0 spiro atoms. The molecule has 1 N–H and O–H groups in total. The van der Waals surface area contributed by atoms with Crippen molar-refractivity contribution in [3.63, 3.8) is 0 Å². The van der Waals surface area contributed by atoms with Crippen molar-refractivity contribution < 1.29 is 9.13 Å². The van der Waals surface area contributed by atoms with Crippen LogP contribution in [0.5, 0.6) is 5.75 Å². The molecule has 0 bridgehead atoms. The fourth-order valence-electron chi connectivity index (χ4n) is 1.74. The Morgan fingerprint density at radius 2 is 2.16 bits per heavy atom. The van der Waals surface area contributed by atoms with E-state index in [1.807, 2.05) is 7.05 Å². The van der Waals surface area contributed by atoms with Crippen LogP contribution in [-0.4, -0.2) is 7.05 Å². The Hall–Kier alpha value is -0.910. The first-order chi connectivity index (χ1) is 9.10. The number of aryl methyl sites for hydroxylation is 1. The second kappa shape index (κ2) is 6.50. The molecule has 0 atom stereocenters. The fraction of sp³-hybridized carbons (Fsp3) is 0.286. The average molecular weight is 344 g/mol. The van der Waals surface area contributed by atoms with E-state index in [-0.39, 0.29) is 11.6 Å². The molecule has 102 valence electrons. The predicted molar refractivity (Wildman–Crippen MR) is 80.3 cm³/mol. The van der Waals surface area contributed by atoms with Gasteiger partial charge in [0.2, 0.25) is 0 Å². The summed E-state index contributed by atoms with van der Waals surface area (Å²) in [6.07, 6.45) is 0. The Morgan fingerprint density at radius 3 is 2.84 bits per heavy atom. The lowest BCUT2D eigenvalue weighted by atomic mass is 10.2. The molecule has 5 heteroatoms. The Labute approximate surface area is 124 Å². The van der Waals surface area contributed by atoms with Crippen LogP contribution < -0.4 is 10.1 Å². The zero-order valence-corrected chi connectivity index (χ0v) is 13.2. The van der Waals surface area contributed by atoms with Crippen molar-refractivity contribution in [3.8, 4) is 5.75 Å². The number of benzene rings is 1. The maximum Gasteiger partial charge on any atom is 0.166 e. The minimum absolute atomic E-state index is 0.281. The van der Waals surface area contributed by atoms with Crippen molar-refractivity contribution in [1.82, 2.24) is 5.32 Å². The summed E-state index contributed by atoms with van der Waals surface area (Å²) < 4.78 is 19.9. The van der Waals surface area contributed by atoms with Gasteiger partial charge in [-0.1, -0.05) is 15.9 Å². The van der Waals surface area contributed by atoms with Crippen molar-refractivity contribution in [2.75, 3.05) is 7.05 Å². The normalized spacial score (nSPS) is 10.7. The van der Waals surface area contributed by atoms with Crippen LogP contribution >= 0.6 is 27.3 Å². The fourth-order valence-corrected chi connectivity index (χ4v) is 3.13. The molecular weight excluding hydrogens is 329 g/mol. The lowest BCUT2D eigenvalue weighted by Crippen LogP contribution is -2.03. The third-order valence-corrected chi connectivity index (χ3v) is 4.29. The highest BCUT2D eigenvalue weighted by Crippen LogP contribution is 2.25. The van der Waals surface area contributed by atoms with Crippen molar-refractivity contribution in [2.45, 2.75) is 20.1 Å². The Bertz CT molecular complexity index is 571. The van der Waals surface area contributed by atoms with E-state index in [1.165, 1.54) is 15.8 Å². The summed E-state index contributed by atoms with van der Waals surface area (Å²) in [6.45, 7) is 3.29. The molecule has 0 aliphatic heterocycles. The van der Waals surface area contributed by atoms with Gasteiger partial charge in [0.15, 0.2) is 11.6 Å². The van der Waals surface area contributed by atoms with E-state index >= 15 is 0 Å². The van der Waals surface area contributed by atoms with E-state index in [0.717, 1.165) is 12.1 Å². The summed E-state index contributed by atoms with van der Waals surface area (Å²) in [4.78, 5) is 2.47. The largest absolute Gasteiger partial charge is 0.486 e. The van der Waals surface area contributed by atoms with Gasteiger partial charge in [0, 0.05) is 26.3 Å². The SMILES string of the molecule is CNCc1cc(COc2ccc(Br)cc2F)c(C)s1. The van der Waals surface area contributed by atoms with Crippen molar-refractivity contribution in [1.29, 1.82) is 0 Å². The summed E-state index contributed by atoms with van der Waals surface area (Å²) in [7, 11) is 1.92. The minimum Gasteiger partial charge on any atom is -0.486 e. The lowest BCUT2D eigenvalue weighted by molar-refractivity contribution is 0.290. The van der Waals surface area contributed by atoms with E-state index in [4.69, 9.17) is 4.74 Å². The molecule has 0 saturated carbocycles. The number of thiophene rings is 1. The van der Waals surface area contributed by atoms with Gasteiger partial charge in [0.1, 0.15) is 6.61 Å². The van der Waals surface area contributed by atoms with Crippen LogP contribution in [0.3, 0.4) is 0 Å². The van der Waals surface area contributed by atoms with Crippen LogP contribution in [0.2, 0.25) is 0 Å². The lowest BCUT2D eigenvalue weighted by Gasteiger charge is -2.07. The summed E-state index contributed by atoms with van der Waals surface area (Å²) in [5.41, 5.74) is 1.11. The third kappa shape index (κ3) is 3.78. The monoisotopic (exact) mass is 343 g/mol. The van der Waals surface area contributed by atoms with Crippen LogP contribution in [0.25, 0.3) is 0 Å². The first-order valence-corrected chi connectivity index (χ1v) is 7.51. The first kappa shape index (κ1) is 14.5. The highest BCUT2D eigenvalue weighted by molar-refractivity contribution is 9.10. The zero-order valence-electron chi connectivity index (χ0n) is 10.8. The number of hydrogen-bond acceptors (Lipinski definition) is 3. The number of ether oxygens (including phenoxy) is 1. The minimum atomic E-state index is -0.349. The number of rotatable bonds is 5. The first-order valence-electron chi connectivity index (χ1n) is 5.91. The molecule has 2 rings (SSSR count). The summed E-state index contributed by atoms with van der Waals surface area (Å²) in [5.74, 6) is -0.0679. The average Bonchev–Trinajstić information content (AvgIpc) is 2.69. The third-order valence-electron chi connectivity index (χ3n) is 2.70. The number of nitrogens with one attached hydrogen (secondary N) is 1. The van der Waals surface area contributed by atoms with Gasteiger partial charge in [-0.3, -0.25) is 0 Å². The van der Waals surface area contributed by atoms with E-state index in [0.29, 0.717) is 11.1 Å². The number of hydrogen-bond donors (Lipinski definition) is 1. The zero-order chi connectivity index (χ0) is 13.8. The summed E-state index contributed by atoms with van der Waals surface area (Å²) >= 11 is 4.96. The molecule has 19 heavy (non-hydrogen) atoms. The van der Waals surface area contributed by atoms with E-state index in [9.17, 15) is 4.39 Å². The summed E-state index contributed by atoms with van der Waals surface area (Å²) in [5, 5.41) is 3.12. The number of halogens is 2. The van der Waals surface area contributed by atoms with Crippen LogP contribution in [-0.2, 0) is 13.2 Å². The van der Waals surface area contributed by atoms with Gasteiger partial charge in [-0.15, -0.1) is 11.3 Å². The van der Waals surface area contributed by atoms with Crippen LogP contribution in [0.4, 0.5) is 4.39 Å². The predicted octanol–water partition coefficient (Wildman–Crippen LogP) is 4.26. The maximum atomic E-state index is 13.6. The molecule has 0 amide bonds. The van der Waals surface area contributed by atoms with Gasteiger partial charge < -0.3 is 10.1 Å². The van der Waals surface area contributed by atoms with Crippen LogP contribution in [0, 0.1) is 12.7 Å². The molecule has 0 aliphatic rings. The van der Waals surface area contributed by atoms with E-state index in [2.05, 4.69) is 34.2 Å². The molecule has 2 aromatic rings. The van der Waals surface area contributed by atoms with Crippen molar-refractivity contribution >= 4 is 27.3 Å². The Balaban J connectivity index is 2.05. The quantitative estimate of drug-likeness (QED) is 0.875. The van der Waals surface area contributed by atoms with E-state index in [1.54, 1.807) is 23.5 Å². The highest BCUT2D eigenvalue weighted by atomic mass is 79.9. The standard InChI is InChI=1S/C14H15BrFNOS/c1-9-10(5-12(19-9)7-17-2)8-18-14-4-3-11(15)6-13(14)16/h3-6,17H,7-8H2,1-2H3. The Kier molecular flexibility index (Phi) is 4.96. The van der Waals surface area contributed by atoms with E-state index < -0.39 is 0 Å². The summed E-state index contributed by atoms with van der Waals surface area (Å²) in [6, 6.07) is 6.91. The van der Waals surface area contributed by atoms with Gasteiger partial charge in [-0.25, -0.2) is 4.39 Å². The highest BCUT2D eigenvalue weighted by Gasteiger charge is 2.08. The molecule has 1 aromatic carbocycles. The smallest absolute Gasteiger partial charge is 0.166 e. The molecule has 0 radical (unpaired) electrons. The van der Waals surface area contributed by atoms with Gasteiger partial charge in [0.25, 0.3) is 0 Å². The van der Waals surface area contributed by atoms with Gasteiger partial charge >= 0.3 is 0 Å². The second-order valence-electron chi connectivity index (χ2n) is 4.19. The molecule has 0 unspecified atom stereocenters. The maximum absolute atomic E-state index is 13.6. The second-order valence-corrected chi connectivity index (χ2v) is 6.44. The topological polar surface area (TPSA) is 21.3 Å². The van der Waals surface area contributed by atoms with Gasteiger partial charge in [-0.05, 0) is 38.2 Å². The Morgan fingerprint density at radius 1 is 1.37 bits per heavy atom. The van der Waals surface area contributed by atoms with Gasteiger partial charge in [-0.2, -0.15) is 0 Å². The molecular formula is C14H15BrFNOS. The van der Waals surface area contributed by atoms with Crippen molar-refractivity contribution in [3.05, 3.63) is 49.9 Å². The molecule has 0 aliphatic carbocycles. The molecule has 2 nitrogen and oxygen atoms in total. The van der Waals surface area contributed by atoms with Crippen LogP contribution in [0.15, 0.2) is 28.7 Å². The molecule has 1 heterocycles. The molecule has 0 fully saturated rings. The van der Waals surface area contributed by atoms with Crippen molar-refractivity contribution in [2.24, 2.45) is 0 Å². The molecule has 1 aromatic heterocycles. The molecule has 0 saturated heterocycles. The van der Waals surface area contributed by atoms with Crippen LogP contribution in [0.1, 0.15) is 15.3 Å². The van der Waals surface area contributed by atoms with Gasteiger partial charge in [0.05, 0.1) is 0 Å².